The van der Waals surface area contributed by atoms with Crippen molar-refractivity contribution in [2.24, 2.45) is 0 Å². The first-order valence-corrected chi connectivity index (χ1v) is 4.57. The number of halogens is 2. The molecule has 4 heteroatoms. The molecule has 2 nitrogen and oxygen atoms in total. The molecule has 2 rings (SSSR count). The highest BCUT2D eigenvalue weighted by Gasteiger charge is 2.27. The summed E-state index contributed by atoms with van der Waals surface area (Å²) in [7, 11) is 0. The average Bonchev–Trinajstić information content (AvgIpc) is 2.48. The second-order valence-electron chi connectivity index (χ2n) is 2.91. The molecule has 0 fully saturated rings. The molecule has 0 aliphatic heterocycles. The first-order valence-electron chi connectivity index (χ1n) is 3.81. The van der Waals surface area contributed by atoms with Crippen LogP contribution in [0.4, 0.5) is 0 Å². The van der Waals surface area contributed by atoms with Gasteiger partial charge in [-0.25, -0.2) is 0 Å². The second kappa shape index (κ2) is 2.79. The lowest BCUT2D eigenvalue weighted by atomic mass is 10.2. The molecule has 0 spiro atoms. The Balaban J connectivity index is 2.69. The van der Waals surface area contributed by atoms with Crippen molar-refractivity contribution in [3.8, 4) is 0 Å². The van der Waals surface area contributed by atoms with E-state index in [1.165, 1.54) is 0 Å². The van der Waals surface area contributed by atoms with Gasteiger partial charge in [-0.1, -0.05) is 11.6 Å². The van der Waals surface area contributed by atoms with Crippen molar-refractivity contribution in [2.75, 3.05) is 0 Å². The summed E-state index contributed by atoms with van der Waals surface area (Å²) in [5.74, 6) is 0. The van der Waals surface area contributed by atoms with Crippen molar-refractivity contribution in [2.45, 2.75) is 19.3 Å². The third-order valence-corrected chi connectivity index (χ3v) is 2.79. The minimum atomic E-state index is 0.278. The lowest BCUT2D eigenvalue weighted by molar-refractivity contribution is -0.907. The van der Waals surface area contributed by atoms with E-state index >= 15 is 0 Å². The lowest BCUT2D eigenvalue weighted by Gasteiger charge is -1.97. The third-order valence-electron chi connectivity index (χ3n) is 2.18. The Morgan fingerprint density at radius 3 is 2.83 bits per heavy atom. The molecule has 0 amide bonds. The fraction of sp³-hybridized carbons (Fsp3) is 0.375. The van der Waals surface area contributed by atoms with E-state index in [0.717, 1.165) is 35.3 Å². The fourth-order valence-electron chi connectivity index (χ4n) is 1.60. The second-order valence-corrected chi connectivity index (χ2v) is 3.70. The molecule has 12 heavy (non-hydrogen) atoms. The zero-order valence-electron chi connectivity index (χ0n) is 6.35. The number of hydrogen-bond acceptors (Lipinski definition) is 1. The zero-order chi connectivity index (χ0) is 8.72. The van der Waals surface area contributed by atoms with Crippen molar-refractivity contribution in [3.05, 3.63) is 27.5 Å². The molecular formula is C8H8Cl2NO+. The van der Waals surface area contributed by atoms with Gasteiger partial charge in [0.2, 0.25) is 5.69 Å². The maximum Gasteiger partial charge on any atom is 0.326 e. The van der Waals surface area contributed by atoms with E-state index < -0.39 is 0 Å². The number of nitrogens with zero attached hydrogens (tertiary/aromatic N) is 1. The van der Waals surface area contributed by atoms with Gasteiger partial charge < -0.3 is 0 Å². The Morgan fingerprint density at radius 2 is 2.08 bits per heavy atom. The summed E-state index contributed by atoms with van der Waals surface area (Å²) in [6.07, 6.45) is 2.83. The molecule has 1 aromatic heterocycles. The summed E-state index contributed by atoms with van der Waals surface area (Å²) >= 11 is 11.7. The van der Waals surface area contributed by atoms with Crippen LogP contribution in [0, 0.1) is 0 Å². The van der Waals surface area contributed by atoms with E-state index in [4.69, 9.17) is 23.2 Å². The van der Waals surface area contributed by atoms with Crippen LogP contribution in [0.1, 0.15) is 17.7 Å². The van der Waals surface area contributed by atoms with Crippen LogP contribution >= 0.6 is 23.2 Å². The van der Waals surface area contributed by atoms with E-state index in [1.807, 2.05) is 0 Å². The van der Waals surface area contributed by atoms with Crippen molar-refractivity contribution >= 4 is 23.2 Å². The highest BCUT2D eigenvalue weighted by atomic mass is 35.5. The van der Waals surface area contributed by atoms with Crippen LogP contribution in [0.25, 0.3) is 0 Å². The summed E-state index contributed by atoms with van der Waals surface area (Å²) in [5, 5.41) is 10.4. The predicted molar refractivity (Wildman–Crippen MR) is 45.9 cm³/mol. The number of hydrogen-bond donors (Lipinski definition) is 1. The van der Waals surface area contributed by atoms with Crippen molar-refractivity contribution in [1.29, 1.82) is 0 Å². The molecule has 1 heterocycles. The van der Waals surface area contributed by atoms with Gasteiger partial charge in [-0.2, -0.15) is 0 Å². The van der Waals surface area contributed by atoms with E-state index in [-0.39, 0.29) is 5.15 Å². The van der Waals surface area contributed by atoms with Gasteiger partial charge in [-0.05, 0) is 24.4 Å². The third kappa shape index (κ3) is 1.06. The van der Waals surface area contributed by atoms with Gasteiger partial charge in [0.1, 0.15) is 0 Å². The van der Waals surface area contributed by atoms with Gasteiger partial charge in [-0.3, -0.25) is 5.21 Å². The van der Waals surface area contributed by atoms with Crippen molar-refractivity contribution in [1.82, 2.24) is 0 Å². The summed E-state index contributed by atoms with van der Waals surface area (Å²) in [4.78, 5) is 0. The van der Waals surface area contributed by atoms with E-state index in [2.05, 4.69) is 0 Å². The highest BCUT2D eigenvalue weighted by molar-refractivity contribution is 6.34. The van der Waals surface area contributed by atoms with Crippen LogP contribution in [-0.2, 0) is 12.8 Å². The van der Waals surface area contributed by atoms with E-state index in [9.17, 15) is 5.21 Å². The summed E-state index contributed by atoms with van der Waals surface area (Å²) in [6, 6.07) is 1.58. The SMILES string of the molecule is O[n+]1c(Cl)cc(Cl)c2c1CCC2. The van der Waals surface area contributed by atoms with Crippen molar-refractivity contribution < 1.29 is 9.94 Å². The zero-order valence-corrected chi connectivity index (χ0v) is 7.86. The molecule has 0 unspecified atom stereocenters. The van der Waals surface area contributed by atoms with Crippen LogP contribution in [-0.4, -0.2) is 5.21 Å². The minimum Gasteiger partial charge on any atom is -0.283 e. The van der Waals surface area contributed by atoms with Crippen molar-refractivity contribution in [3.63, 3.8) is 0 Å². The Hall–Kier alpha value is -0.470. The molecule has 1 aliphatic carbocycles. The number of fused-ring (bicyclic) bond motifs is 1. The molecule has 0 bridgehead atoms. The minimum absolute atomic E-state index is 0.278. The largest absolute Gasteiger partial charge is 0.326 e. The van der Waals surface area contributed by atoms with E-state index in [0.29, 0.717) is 5.02 Å². The quantitative estimate of drug-likeness (QED) is 0.391. The highest BCUT2D eigenvalue weighted by Crippen LogP contribution is 2.27. The predicted octanol–water partition coefficient (Wildman–Crippen LogP) is 2.01. The molecule has 0 radical (unpaired) electrons. The van der Waals surface area contributed by atoms with Crippen LogP contribution in [0.3, 0.4) is 0 Å². The Labute approximate surface area is 80.3 Å². The standard InChI is InChI=1S/C8H8Cl2NO/c9-6-4-8(10)11(12)7-3-1-2-5(6)7/h4,12H,1-3H2/q+1. The Bertz CT molecular complexity index is 338. The molecule has 0 aromatic carbocycles. The summed E-state index contributed by atoms with van der Waals surface area (Å²) < 4.78 is 1.02. The number of rotatable bonds is 0. The van der Waals surface area contributed by atoms with Crippen LogP contribution in [0.15, 0.2) is 6.07 Å². The molecule has 1 aliphatic rings. The van der Waals surface area contributed by atoms with Crippen LogP contribution in [0.5, 0.6) is 0 Å². The average molecular weight is 205 g/mol. The van der Waals surface area contributed by atoms with Gasteiger partial charge in [0.05, 0.1) is 5.02 Å². The lowest BCUT2D eigenvalue weighted by Crippen LogP contribution is -2.36. The van der Waals surface area contributed by atoms with Gasteiger partial charge in [0.25, 0.3) is 0 Å². The van der Waals surface area contributed by atoms with Gasteiger partial charge in [-0.15, -0.1) is 0 Å². The molecule has 0 saturated heterocycles. The van der Waals surface area contributed by atoms with Crippen LogP contribution < -0.4 is 4.73 Å². The first-order chi connectivity index (χ1) is 5.70. The Kier molecular flexibility index (Phi) is 1.89. The normalized spacial score (nSPS) is 14.8. The number of aromatic nitrogens is 1. The molecular weight excluding hydrogens is 197 g/mol. The molecule has 1 N–H and O–H groups in total. The smallest absolute Gasteiger partial charge is 0.283 e. The monoisotopic (exact) mass is 204 g/mol. The molecule has 1 aromatic rings. The van der Waals surface area contributed by atoms with Gasteiger partial charge in [0, 0.05) is 22.8 Å². The first kappa shape index (κ1) is 8.14. The summed E-state index contributed by atoms with van der Waals surface area (Å²) in [6.45, 7) is 0. The maximum atomic E-state index is 9.47. The molecule has 0 saturated carbocycles. The molecule has 0 atom stereocenters. The maximum absolute atomic E-state index is 9.47. The summed E-state index contributed by atoms with van der Waals surface area (Å²) in [5.41, 5.74) is 1.89. The Morgan fingerprint density at radius 1 is 1.33 bits per heavy atom. The topological polar surface area (TPSA) is 24.1 Å². The van der Waals surface area contributed by atoms with E-state index in [1.54, 1.807) is 6.07 Å². The van der Waals surface area contributed by atoms with Gasteiger partial charge >= 0.3 is 5.15 Å². The van der Waals surface area contributed by atoms with Crippen LogP contribution in [0.2, 0.25) is 10.2 Å². The van der Waals surface area contributed by atoms with Gasteiger partial charge in [0.15, 0.2) is 0 Å². The molecule has 64 valence electrons. The fourth-order valence-corrected chi connectivity index (χ4v) is 2.17. The number of pyridine rings is 1.